The summed E-state index contributed by atoms with van der Waals surface area (Å²) in [6, 6.07) is 23.9. The Kier molecular flexibility index (Phi) is 5.22. The molecule has 7 nitrogen and oxygen atoms in total. The molecule has 3 aromatic carbocycles. The molecule has 0 unspecified atom stereocenters. The topological polar surface area (TPSA) is 81.0 Å². The van der Waals surface area contributed by atoms with Crippen LogP contribution in [0.2, 0.25) is 0 Å². The second-order valence-electron chi connectivity index (χ2n) is 8.50. The van der Waals surface area contributed by atoms with Gasteiger partial charge in [-0.2, -0.15) is 0 Å². The van der Waals surface area contributed by atoms with Crippen LogP contribution in [0.25, 0.3) is 11.3 Å². The molecule has 2 aliphatic rings. The number of rotatable bonds is 4. The van der Waals surface area contributed by atoms with E-state index >= 15 is 0 Å². The van der Waals surface area contributed by atoms with E-state index in [1.54, 1.807) is 30.3 Å². The number of hydrogen-bond acceptors (Lipinski definition) is 5. The number of benzene rings is 3. The highest BCUT2D eigenvalue weighted by atomic mass is 16.7. The minimum absolute atomic E-state index is 0.0534. The number of nitrogens with one attached hydrogen (secondary N) is 1. The zero-order valence-corrected chi connectivity index (χ0v) is 18.8. The van der Waals surface area contributed by atoms with E-state index in [1.807, 2.05) is 53.4 Å². The monoisotopic (exact) mass is 466 g/mol. The lowest BCUT2D eigenvalue weighted by molar-refractivity contribution is 0.0729. The van der Waals surface area contributed by atoms with Crippen molar-refractivity contribution in [3.63, 3.8) is 0 Å². The minimum atomic E-state index is -0.167. The number of anilines is 1. The Balaban J connectivity index is 1.18. The van der Waals surface area contributed by atoms with Gasteiger partial charge in [-0.1, -0.05) is 30.3 Å². The highest BCUT2D eigenvalue weighted by Crippen LogP contribution is 2.34. The summed E-state index contributed by atoms with van der Waals surface area (Å²) in [6.07, 6.45) is 0.635. The van der Waals surface area contributed by atoms with Crippen molar-refractivity contribution in [3.8, 4) is 22.8 Å². The fourth-order valence-electron chi connectivity index (χ4n) is 4.40. The number of nitrogens with zero attached hydrogens (tertiary/aromatic N) is 1. The van der Waals surface area contributed by atoms with Gasteiger partial charge in [0.15, 0.2) is 11.5 Å². The van der Waals surface area contributed by atoms with Gasteiger partial charge in [-0.3, -0.25) is 9.59 Å². The molecule has 6 rings (SSSR count). The molecule has 2 aliphatic heterocycles. The molecule has 0 saturated heterocycles. The molecule has 0 atom stereocenters. The van der Waals surface area contributed by atoms with Crippen molar-refractivity contribution in [3.05, 3.63) is 101 Å². The molecule has 0 aliphatic carbocycles. The fraction of sp³-hybridized carbons (Fsp3) is 0.143. The first kappa shape index (κ1) is 21.0. The van der Waals surface area contributed by atoms with Crippen LogP contribution in [0.15, 0.2) is 83.3 Å². The molecule has 1 N–H and O–H groups in total. The third-order valence-electron chi connectivity index (χ3n) is 6.21. The summed E-state index contributed by atoms with van der Waals surface area (Å²) in [4.78, 5) is 27.4. The molecule has 0 saturated carbocycles. The van der Waals surface area contributed by atoms with E-state index < -0.39 is 0 Å². The van der Waals surface area contributed by atoms with Crippen molar-refractivity contribution in [2.45, 2.75) is 13.0 Å². The molecule has 0 spiro atoms. The summed E-state index contributed by atoms with van der Waals surface area (Å²) >= 11 is 0. The lowest BCUT2D eigenvalue weighted by Crippen LogP contribution is -2.35. The Hall–Kier alpha value is -4.52. The van der Waals surface area contributed by atoms with Crippen LogP contribution in [0, 0.1) is 0 Å². The first-order valence-corrected chi connectivity index (χ1v) is 11.4. The normalized spacial score (nSPS) is 13.9. The van der Waals surface area contributed by atoms with Gasteiger partial charge in [0.05, 0.1) is 0 Å². The first-order valence-electron chi connectivity index (χ1n) is 11.4. The molecule has 7 heteroatoms. The molecule has 35 heavy (non-hydrogen) atoms. The molecule has 4 aromatic rings. The third kappa shape index (κ3) is 4.12. The Bertz CT molecular complexity index is 1430. The van der Waals surface area contributed by atoms with Crippen molar-refractivity contribution in [2.24, 2.45) is 0 Å². The summed E-state index contributed by atoms with van der Waals surface area (Å²) < 4.78 is 16.9. The molecule has 2 amide bonds. The van der Waals surface area contributed by atoms with E-state index in [-0.39, 0.29) is 18.6 Å². The zero-order chi connectivity index (χ0) is 23.8. The molecule has 3 heterocycles. The van der Waals surface area contributed by atoms with Crippen molar-refractivity contribution in [1.82, 2.24) is 4.90 Å². The second kappa shape index (κ2) is 8.68. The Morgan fingerprint density at radius 2 is 1.69 bits per heavy atom. The number of hydrogen-bond donors (Lipinski definition) is 1. The number of ether oxygens (including phenoxy) is 2. The zero-order valence-electron chi connectivity index (χ0n) is 18.8. The van der Waals surface area contributed by atoms with Gasteiger partial charge in [-0.25, -0.2) is 0 Å². The van der Waals surface area contributed by atoms with E-state index in [0.717, 1.165) is 16.9 Å². The van der Waals surface area contributed by atoms with E-state index in [4.69, 9.17) is 13.9 Å². The predicted molar refractivity (Wildman–Crippen MR) is 130 cm³/mol. The molecule has 0 fully saturated rings. The van der Waals surface area contributed by atoms with E-state index in [9.17, 15) is 9.59 Å². The maximum Gasteiger partial charge on any atom is 0.255 e. The van der Waals surface area contributed by atoms with Gasteiger partial charge in [-0.15, -0.1) is 0 Å². The van der Waals surface area contributed by atoms with Crippen LogP contribution in [-0.2, 0) is 13.0 Å². The van der Waals surface area contributed by atoms with Crippen LogP contribution in [0.1, 0.15) is 32.0 Å². The summed E-state index contributed by atoms with van der Waals surface area (Å²) in [6.45, 7) is 1.21. The van der Waals surface area contributed by atoms with Gasteiger partial charge in [0.1, 0.15) is 11.5 Å². The van der Waals surface area contributed by atoms with Gasteiger partial charge >= 0.3 is 0 Å². The van der Waals surface area contributed by atoms with Crippen LogP contribution in [0.3, 0.4) is 0 Å². The lowest BCUT2D eigenvalue weighted by atomic mass is 10.1. The molecular weight excluding hydrogens is 444 g/mol. The average molecular weight is 466 g/mol. The van der Waals surface area contributed by atoms with Crippen molar-refractivity contribution >= 4 is 17.5 Å². The van der Waals surface area contributed by atoms with Gasteiger partial charge in [0, 0.05) is 47.5 Å². The third-order valence-corrected chi connectivity index (χ3v) is 6.21. The maximum atomic E-state index is 13.1. The molecular formula is C28H22N2O5. The number of fused-ring (bicyclic) bond motifs is 2. The van der Waals surface area contributed by atoms with Gasteiger partial charge < -0.3 is 24.1 Å². The standard InChI is InChI=1S/C28H22N2O5/c31-27(18-5-2-1-3-6-18)29-22-8-4-7-19(13-22)25-15-21-16-30(12-11-23(21)35-25)28(32)20-9-10-24-26(14-20)34-17-33-24/h1-10,13-15H,11-12,16-17H2,(H,29,31). The summed E-state index contributed by atoms with van der Waals surface area (Å²) in [5, 5.41) is 2.94. The summed E-state index contributed by atoms with van der Waals surface area (Å²) in [7, 11) is 0. The van der Waals surface area contributed by atoms with Crippen molar-refractivity contribution in [2.75, 3.05) is 18.7 Å². The number of carbonyl (C=O) groups excluding carboxylic acids is 2. The first-order chi connectivity index (χ1) is 17.1. The van der Waals surface area contributed by atoms with Gasteiger partial charge in [-0.05, 0) is 48.5 Å². The van der Waals surface area contributed by atoms with Gasteiger partial charge in [0.2, 0.25) is 6.79 Å². The minimum Gasteiger partial charge on any atom is -0.461 e. The van der Waals surface area contributed by atoms with E-state index in [2.05, 4.69) is 5.32 Å². The lowest BCUT2D eigenvalue weighted by Gasteiger charge is -2.26. The smallest absolute Gasteiger partial charge is 0.255 e. The quantitative estimate of drug-likeness (QED) is 0.451. The Labute approximate surface area is 201 Å². The van der Waals surface area contributed by atoms with Gasteiger partial charge in [0.25, 0.3) is 11.8 Å². The number of carbonyl (C=O) groups is 2. The fourth-order valence-corrected chi connectivity index (χ4v) is 4.40. The van der Waals surface area contributed by atoms with Crippen LogP contribution in [0.4, 0.5) is 5.69 Å². The SMILES string of the molecule is O=C(Nc1cccc(-c2cc3c(o2)CCN(C(=O)c2ccc4c(c2)OCO4)C3)c1)c1ccccc1. The summed E-state index contributed by atoms with van der Waals surface area (Å²) in [5.41, 5.74) is 3.70. The Morgan fingerprint density at radius 3 is 2.57 bits per heavy atom. The van der Waals surface area contributed by atoms with Crippen LogP contribution < -0.4 is 14.8 Å². The highest BCUT2D eigenvalue weighted by Gasteiger charge is 2.26. The largest absolute Gasteiger partial charge is 0.461 e. The van der Waals surface area contributed by atoms with Crippen molar-refractivity contribution in [1.29, 1.82) is 0 Å². The van der Waals surface area contributed by atoms with Crippen LogP contribution >= 0.6 is 0 Å². The summed E-state index contributed by atoms with van der Waals surface area (Å²) in [5.74, 6) is 2.63. The molecule has 1 aromatic heterocycles. The van der Waals surface area contributed by atoms with Crippen LogP contribution in [-0.4, -0.2) is 30.1 Å². The van der Waals surface area contributed by atoms with E-state index in [1.165, 1.54) is 0 Å². The molecule has 0 bridgehead atoms. The second-order valence-corrected chi connectivity index (χ2v) is 8.50. The number of amides is 2. The highest BCUT2D eigenvalue weighted by molar-refractivity contribution is 6.04. The molecule has 0 radical (unpaired) electrons. The average Bonchev–Trinajstić information content (AvgIpc) is 3.55. The number of furan rings is 1. The van der Waals surface area contributed by atoms with Crippen LogP contribution in [0.5, 0.6) is 11.5 Å². The molecule has 174 valence electrons. The van der Waals surface area contributed by atoms with E-state index in [0.29, 0.717) is 53.6 Å². The predicted octanol–water partition coefficient (Wildman–Crippen LogP) is 5.13. The Morgan fingerprint density at radius 1 is 0.829 bits per heavy atom. The van der Waals surface area contributed by atoms with Crippen molar-refractivity contribution < 1.29 is 23.5 Å². The maximum absolute atomic E-state index is 13.1.